The van der Waals surface area contributed by atoms with Crippen molar-refractivity contribution in [2.24, 2.45) is 0 Å². The predicted molar refractivity (Wildman–Crippen MR) is 56.8 cm³/mol. The fraction of sp³-hybridized carbons (Fsp3) is 0.900. The molecule has 1 saturated heterocycles. The third-order valence-electron chi connectivity index (χ3n) is 2.26. The summed E-state index contributed by atoms with van der Waals surface area (Å²) in [6, 6.07) is 0. The maximum absolute atomic E-state index is 11.4. The zero-order valence-electron chi connectivity index (χ0n) is 9.57. The lowest BCUT2D eigenvalue weighted by Crippen LogP contribution is -2.40. The van der Waals surface area contributed by atoms with E-state index in [1.54, 1.807) is 0 Å². The van der Waals surface area contributed by atoms with Crippen LogP contribution in [0.25, 0.3) is 0 Å². The van der Waals surface area contributed by atoms with E-state index in [1.165, 1.54) is 0 Å². The summed E-state index contributed by atoms with van der Waals surface area (Å²) < 4.78 is 10.3. The molecule has 0 aromatic carbocycles. The van der Waals surface area contributed by atoms with Gasteiger partial charge in [-0.2, -0.15) is 0 Å². The summed E-state index contributed by atoms with van der Waals surface area (Å²) in [5.41, 5.74) is 0. The molecule has 0 saturated carbocycles. The largest absolute Gasteiger partial charge is 0.463 e. The van der Waals surface area contributed by atoms with Gasteiger partial charge in [0.15, 0.2) is 0 Å². The van der Waals surface area contributed by atoms with Gasteiger partial charge in [-0.05, 0) is 14.1 Å². The van der Waals surface area contributed by atoms with E-state index in [-0.39, 0.29) is 5.97 Å². The highest BCUT2D eigenvalue weighted by molar-refractivity contribution is 5.71. The summed E-state index contributed by atoms with van der Waals surface area (Å²) in [7, 11) is 3.91. The van der Waals surface area contributed by atoms with E-state index in [1.807, 2.05) is 19.0 Å². The molecule has 0 N–H and O–H groups in total. The lowest BCUT2D eigenvalue weighted by Gasteiger charge is -2.25. The number of carbonyl (C=O) groups excluding carboxylic acids is 1. The number of ether oxygens (including phenoxy) is 2. The summed E-state index contributed by atoms with van der Waals surface area (Å²) in [5, 5.41) is 0. The number of hydrogen-bond donors (Lipinski definition) is 0. The Bertz CT molecular complexity index is 191. The molecule has 0 atom stereocenters. The van der Waals surface area contributed by atoms with Crippen LogP contribution >= 0.6 is 0 Å². The van der Waals surface area contributed by atoms with E-state index in [4.69, 9.17) is 9.47 Å². The summed E-state index contributed by atoms with van der Waals surface area (Å²) in [6.07, 6.45) is 0. The molecule has 5 heteroatoms. The van der Waals surface area contributed by atoms with Crippen molar-refractivity contribution in [3.63, 3.8) is 0 Å². The second-order valence-corrected chi connectivity index (χ2v) is 3.91. The van der Waals surface area contributed by atoms with E-state index in [0.717, 1.165) is 19.6 Å². The molecule has 0 unspecified atom stereocenters. The first-order valence-electron chi connectivity index (χ1n) is 5.29. The first-order valence-corrected chi connectivity index (χ1v) is 5.29. The minimum atomic E-state index is -0.140. The number of rotatable bonds is 5. The van der Waals surface area contributed by atoms with E-state index in [0.29, 0.717) is 26.4 Å². The minimum absolute atomic E-state index is 0.140. The summed E-state index contributed by atoms with van der Waals surface area (Å²) >= 11 is 0. The molecular formula is C10H20N2O3. The Balaban J connectivity index is 2.06. The van der Waals surface area contributed by atoms with E-state index in [9.17, 15) is 4.79 Å². The monoisotopic (exact) mass is 216 g/mol. The van der Waals surface area contributed by atoms with E-state index < -0.39 is 0 Å². The lowest BCUT2D eigenvalue weighted by atomic mass is 10.4. The topological polar surface area (TPSA) is 42.0 Å². The Hall–Kier alpha value is -0.650. The van der Waals surface area contributed by atoms with Gasteiger partial charge in [0.2, 0.25) is 0 Å². The molecule has 0 aromatic heterocycles. The molecule has 0 bridgehead atoms. The van der Waals surface area contributed by atoms with Crippen molar-refractivity contribution in [2.75, 3.05) is 60.1 Å². The van der Waals surface area contributed by atoms with Crippen LogP contribution < -0.4 is 0 Å². The van der Waals surface area contributed by atoms with Crippen LogP contribution in [0, 0.1) is 0 Å². The molecule has 88 valence electrons. The molecule has 5 nitrogen and oxygen atoms in total. The highest BCUT2D eigenvalue weighted by Crippen LogP contribution is 1.96. The maximum atomic E-state index is 11.4. The van der Waals surface area contributed by atoms with Crippen LogP contribution in [0.4, 0.5) is 0 Å². The average Bonchev–Trinajstić information content (AvgIpc) is 2.18. The van der Waals surface area contributed by atoms with Gasteiger partial charge in [0, 0.05) is 19.6 Å². The first-order chi connectivity index (χ1) is 7.18. The molecule has 1 aliphatic rings. The van der Waals surface area contributed by atoms with Gasteiger partial charge in [-0.25, -0.2) is 0 Å². The Morgan fingerprint density at radius 1 is 1.40 bits per heavy atom. The predicted octanol–water partition coefficient (Wildman–Crippen LogP) is -0.577. The fourth-order valence-electron chi connectivity index (χ4n) is 1.33. The molecule has 1 heterocycles. The maximum Gasteiger partial charge on any atom is 0.320 e. The third kappa shape index (κ3) is 5.71. The highest BCUT2D eigenvalue weighted by Gasteiger charge is 2.14. The smallest absolute Gasteiger partial charge is 0.320 e. The summed E-state index contributed by atoms with van der Waals surface area (Å²) in [4.78, 5) is 15.4. The third-order valence-corrected chi connectivity index (χ3v) is 2.26. The number of likely N-dealkylation sites (N-methyl/N-ethyl adjacent to an activating group) is 1. The first kappa shape index (κ1) is 12.4. The fourth-order valence-corrected chi connectivity index (χ4v) is 1.33. The number of nitrogens with zero attached hydrogens (tertiary/aromatic N) is 2. The number of hydrogen-bond acceptors (Lipinski definition) is 5. The quantitative estimate of drug-likeness (QED) is 0.575. The Labute approximate surface area is 90.9 Å². The lowest BCUT2D eigenvalue weighted by molar-refractivity contribution is -0.146. The van der Waals surface area contributed by atoms with Gasteiger partial charge in [0.25, 0.3) is 0 Å². The standard InChI is InChI=1S/C10H20N2O3/c1-11(2)3-8-15-10(13)9-12-4-6-14-7-5-12/h3-9H2,1-2H3. The zero-order valence-corrected chi connectivity index (χ0v) is 9.57. The molecule has 0 spiro atoms. The van der Waals surface area contributed by atoms with Gasteiger partial charge in [-0.1, -0.05) is 0 Å². The summed E-state index contributed by atoms with van der Waals surface area (Å²) in [6.45, 7) is 4.70. The van der Waals surface area contributed by atoms with Crippen molar-refractivity contribution in [1.29, 1.82) is 0 Å². The Morgan fingerprint density at radius 2 is 2.07 bits per heavy atom. The molecule has 1 rings (SSSR count). The van der Waals surface area contributed by atoms with Crippen molar-refractivity contribution < 1.29 is 14.3 Å². The van der Waals surface area contributed by atoms with Crippen LogP contribution in [0.1, 0.15) is 0 Å². The van der Waals surface area contributed by atoms with Crippen molar-refractivity contribution in [3.05, 3.63) is 0 Å². The van der Waals surface area contributed by atoms with E-state index >= 15 is 0 Å². The van der Waals surface area contributed by atoms with Gasteiger partial charge in [0.1, 0.15) is 6.61 Å². The van der Waals surface area contributed by atoms with Crippen LogP contribution in [-0.4, -0.2) is 75.9 Å². The molecule has 15 heavy (non-hydrogen) atoms. The van der Waals surface area contributed by atoms with Crippen LogP contribution in [-0.2, 0) is 14.3 Å². The van der Waals surface area contributed by atoms with Crippen molar-refractivity contribution in [2.45, 2.75) is 0 Å². The normalized spacial score (nSPS) is 18.1. The number of carbonyl (C=O) groups is 1. The Morgan fingerprint density at radius 3 is 2.67 bits per heavy atom. The molecule has 1 fully saturated rings. The van der Waals surface area contributed by atoms with Crippen LogP contribution in [0.5, 0.6) is 0 Å². The average molecular weight is 216 g/mol. The summed E-state index contributed by atoms with van der Waals surface area (Å²) in [5.74, 6) is -0.140. The van der Waals surface area contributed by atoms with Crippen molar-refractivity contribution >= 4 is 5.97 Å². The van der Waals surface area contributed by atoms with Crippen molar-refractivity contribution in [3.8, 4) is 0 Å². The number of esters is 1. The number of morpholine rings is 1. The highest BCUT2D eigenvalue weighted by atomic mass is 16.5. The molecule has 0 aromatic rings. The van der Waals surface area contributed by atoms with Gasteiger partial charge < -0.3 is 14.4 Å². The van der Waals surface area contributed by atoms with E-state index in [2.05, 4.69) is 4.90 Å². The van der Waals surface area contributed by atoms with Gasteiger partial charge in [0.05, 0.1) is 19.8 Å². The van der Waals surface area contributed by atoms with Crippen LogP contribution in [0.2, 0.25) is 0 Å². The molecule has 1 aliphatic heterocycles. The minimum Gasteiger partial charge on any atom is -0.463 e. The molecule has 0 radical (unpaired) electrons. The van der Waals surface area contributed by atoms with Gasteiger partial charge >= 0.3 is 5.97 Å². The van der Waals surface area contributed by atoms with Crippen LogP contribution in [0.3, 0.4) is 0 Å². The Kier molecular flexibility index (Phi) is 5.60. The molecule has 0 amide bonds. The molecular weight excluding hydrogens is 196 g/mol. The SMILES string of the molecule is CN(C)CCOC(=O)CN1CCOCC1. The second-order valence-electron chi connectivity index (χ2n) is 3.91. The second kappa shape index (κ2) is 6.76. The van der Waals surface area contributed by atoms with Crippen molar-refractivity contribution in [1.82, 2.24) is 9.80 Å². The molecule has 0 aliphatic carbocycles. The van der Waals surface area contributed by atoms with Gasteiger partial charge in [-0.3, -0.25) is 9.69 Å². The van der Waals surface area contributed by atoms with Crippen LogP contribution in [0.15, 0.2) is 0 Å². The zero-order chi connectivity index (χ0) is 11.1. The van der Waals surface area contributed by atoms with Gasteiger partial charge in [-0.15, -0.1) is 0 Å².